The lowest BCUT2D eigenvalue weighted by Crippen LogP contribution is -2.51. The number of aromatic nitrogens is 2. The maximum atomic E-state index is 14.8. The van der Waals surface area contributed by atoms with Crippen LogP contribution in [0.25, 0.3) is 22.2 Å². The highest BCUT2D eigenvalue weighted by atomic mass is 19.4. The predicted molar refractivity (Wildman–Crippen MR) is 160 cm³/mol. The summed E-state index contributed by atoms with van der Waals surface area (Å²) in [6, 6.07) is 9.72. The lowest BCUT2D eigenvalue weighted by Gasteiger charge is -2.31. The van der Waals surface area contributed by atoms with Gasteiger partial charge in [-0.05, 0) is 67.4 Å². The minimum Gasteiger partial charge on any atom is -0.489 e. The molecule has 0 unspecified atom stereocenters. The molecular weight excluding hydrogens is 626 g/mol. The number of aryl methyl sites for hydroxylation is 1. The third kappa shape index (κ3) is 6.13. The number of hydrogen-bond acceptors (Lipinski definition) is 8. The molecule has 4 aromatic rings. The van der Waals surface area contributed by atoms with Crippen LogP contribution in [0.4, 0.5) is 17.6 Å². The number of benzene rings is 2. The summed E-state index contributed by atoms with van der Waals surface area (Å²) >= 11 is 0. The van der Waals surface area contributed by atoms with Gasteiger partial charge in [0.2, 0.25) is 11.5 Å². The van der Waals surface area contributed by atoms with Crippen LogP contribution in [0.5, 0.6) is 11.5 Å². The number of alkyl halides is 3. The Labute approximate surface area is 264 Å². The highest BCUT2D eigenvalue weighted by Gasteiger charge is 2.57. The zero-order valence-corrected chi connectivity index (χ0v) is 25.1. The number of ether oxygens (including phenoxy) is 2. The van der Waals surface area contributed by atoms with Crippen molar-refractivity contribution in [1.82, 2.24) is 15.3 Å². The lowest BCUT2D eigenvalue weighted by molar-refractivity contribution is -0.265. The first-order valence-corrected chi connectivity index (χ1v) is 14.2. The number of nitrogens with zero attached hydrogens (tertiary/aromatic N) is 2. The molecule has 0 spiro atoms. The third-order valence-corrected chi connectivity index (χ3v) is 7.98. The first-order chi connectivity index (χ1) is 22.1. The summed E-state index contributed by atoms with van der Waals surface area (Å²) in [4.78, 5) is 45.5. The molecular formula is C32H29F4N5O6. The number of hydrogen-bond donors (Lipinski definition) is 4. The van der Waals surface area contributed by atoms with Gasteiger partial charge < -0.3 is 31.4 Å². The van der Waals surface area contributed by atoms with Crippen LogP contribution in [0.2, 0.25) is 0 Å². The van der Waals surface area contributed by atoms with Crippen LogP contribution in [0.15, 0.2) is 54.7 Å². The smallest absolute Gasteiger partial charge is 0.424 e. The molecule has 5 rings (SSSR count). The van der Waals surface area contributed by atoms with E-state index >= 15 is 0 Å². The molecule has 3 heterocycles. The molecule has 0 bridgehead atoms. The Morgan fingerprint density at radius 2 is 1.81 bits per heavy atom. The fraction of sp³-hybridized carbons (Fsp3) is 0.281. The first kappa shape index (κ1) is 33.1. The molecule has 6 N–H and O–H groups in total. The van der Waals surface area contributed by atoms with Crippen molar-refractivity contribution >= 4 is 28.6 Å². The number of pyridine rings is 2. The standard InChI is InChI=1S/C32H29F4N5O6/c1-3-16-8-18-9-19(10-22(25(18)39-12-16)46-13-24(37)42)28(43)40-14-31(45,32(34,35)36)23-11-21-27(47-15-30(21,2)29(38)44)26(41-23)17-4-6-20(33)7-5-17/h4-12,45H,3,13-15H2,1-2H3,(H2,37,42)(H2,38,44)(H,40,43)/t30-,31-/m0/s1. The van der Waals surface area contributed by atoms with Crippen molar-refractivity contribution in [3.8, 4) is 22.8 Å². The van der Waals surface area contributed by atoms with Gasteiger partial charge in [0.25, 0.3) is 11.8 Å². The highest BCUT2D eigenvalue weighted by molar-refractivity contribution is 6.00. The molecule has 0 radical (unpaired) electrons. The zero-order valence-electron chi connectivity index (χ0n) is 25.1. The number of nitrogens with one attached hydrogen (secondary N) is 1. The van der Waals surface area contributed by atoms with Gasteiger partial charge in [-0.2, -0.15) is 13.2 Å². The van der Waals surface area contributed by atoms with E-state index in [0.717, 1.165) is 23.8 Å². The molecule has 0 saturated carbocycles. The fourth-order valence-corrected chi connectivity index (χ4v) is 5.09. The van der Waals surface area contributed by atoms with Crippen molar-refractivity contribution < 1.29 is 46.5 Å². The Kier molecular flexibility index (Phi) is 8.53. The Morgan fingerprint density at radius 3 is 2.43 bits per heavy atom. The van der Waals surface area contributed by atoms with Crippen molar-refractivity contribution in [2.24, 2.45) is 11.5 Å². The van der Waals surface area contributed by atoms with E-state index in [9.17, 15) is 37.1 Å². The van der Waals surface area contributed by atoms with E-state index in [4.69, 9.17) is 20.9 Å². The quantitative estimate of drug-likeness (QED) is 0.188. The molecule has 1 aliphatic heterocycles. The number of aliphatic hydroxyl groups is 1. The van der Waals surface area contributed by atoms with Crippen molar-refractivity contribution in [3.05, 3.63) is 82.9 Å². The molecule has 3 amide bonds. The number of carbonyl (C=O) groups excluding carboxylic acids is 3. The van der Waals surface area contributed by atoms with Gasteiger partial charge in [0.15, 0.2) is 6.61 Å². The van der Waals surface area contributed by atoms with Crippen molar-refractivity contribution in [1.29, 1.82) is 0 Å². The number of primary amides is 2. The summed E-state index contributed by atoms with van der Waals surface area (Å²) in [5.74, 6) is -3.46. The van der Waals surface area contributed by atoms with Gasteiger partial charge in [0, 0.05) is 28.3 Å². The number of amides is 3. The van der Waals surface area contributed by atoms with Gasteiger partial charge in [0.05, 0.1) is 12.2 Å². The van der Waals surface area contributed by atoms with E-state index < -0.39 is 59.6 Å². The monoisotopic (exact) mass is 655 g/mol. The number of halogens is 4. The molecule has 2 atom stereocenters. The van der Waals surface area contributed by atoms with E-state index in [1.165, 1.54) is 31.2 Å². The summed E-state index contributed by atoms with van der Waals surface area (Å²) in [5, 5.41) is 13.8. The Morgan fingerprint density at radius 1 is 1.11 bits per heavy atom. The second-order valence-corrected chi connectivity index (χ2v) is 11.3. The first-order valence-electron chi connectivity index (χ1n) is 14.2. The largest absolute Gasteiger partial charge is 0.489 e. The maximum absolute atomic E-state index is 14.8. The molecule has 2 aromatic heterocycles. The number of carbonyl (C=O) groups is 3. The van der Waals surface area contributed by atoms with Crippen molar-refractivity contribution in [2.45, 2.75) is 37.5 Å². The molecule has 1 aliphatic rings. The van der Waals surface area contributed by atoms with Gasteiger partial charge >= 0.3 is 6.18 Å². The minimum atomic E-state index is -5.41. The highest BCUT2D eigenvalue weighted by Crippen LogP contribution is 2.47. The van der Waals surface area contributed by atoms with Gasteiger partial charge in [0.1, 0.15) is 40.5 Å². The summed E-state index contributed by atoms with van der Waals surface area (Å²) in [6.45, 7) is 0.939. The van der Waals surface area contributed by atoms with Gasteiger partial charge in [-0.15, -0.1) is 0 Å². The van der Waals surface area contributed by atoms with E-state index in [1.54, 1.807) is 12.3 Å². The van der Waals surface area contributed by atoms with Crippen LogP contribution in [0, 0.1) is 5.82 Å². The van der Waals surface area contributed by atoms with Crippen LogP contribution in [0.3, 0.4) is 0 Å². The van der Waals surface area contributed by atoms with Crippen molar-refractivity contribution in [2.75, 3.05) is 19.8 Å². The van der Waals surface area contributed by atoms with Crippen LogP contribution in [0.1, 0.15) is 41.0 Å². The van der Waals surface area contributed by atoms with E-state index in [0.29, 0.717) is 11.8 Å². The molecule has 0 saturated heterocycles. The molecule has 0 fully saturated rings. The van der Waals surface area contributed by atoms with Crippen LogP contribution in [-0.2, 0) is 27.0 Å². The molecule has 47 heavy (non-hydrogen) atoms. The summed E-state index contributed by atoms with van der Waals surface area (Å²) < 4.78 is 69.1. The van der Waals surface area contributed by atoms with Gasteiger partial charge in [-0.25, -0.2) is 9.37 Å². The molecule has 0 aliphatic carbocycles. The Balaban J connectivity index is 1.57. The van der Waals surface area contributed by atoms with Crippen molar-refractivity contribution in [3.63, 3.8) is 0 Å². The van der Waals surface area contributed by atoms with E-state index in [1.807, 2.05) is 6.92 Å². The number of fused-ring (bicyclic) bond motifs is 2. The Hall–Kier alpha value is -5.31. The number of rotatable bonds is 10. The SMILES string of the molecule is CCc1cnc2c(OCC(N)=O)cc(C(=O)NC[C@](O)(c3cc4c(c(-c5ccc(F)cc5)n3)OC[C@]4(C)C(N)=O)C(F)(F)F)cc2c1. The summed E-state index contributed by atoms with van der Waals surface area (Å²) in [7, 11) is 0. The Bertz CT molecular complexity index is 1900. The van der Waals surface area contributed by atoms with E-state index in [2.05, 4.69) is 15.3 Å². The maximum Gasteiger partial charge on any atom is 0.424 e. The van der Waals surface area contributed by atoms with E-state index in [-0.39, 0.29) is 46.0 Å². The molecule has 11 nitrogen and oxygen atoms in total. The summed E-state index contributed by atoms with van der Waals surface area (Å²) in [6.07, 6.45) is -3.26. The predicted octanol–water partition coefficient (Wildman–Crippen LogP) is 3.18. The van der Waals surface area contributed by atoms with Gasteiger partial charge in [-0.3, -0.25) is 19.4 Å². The minimum absolute atomic E-state index is 0.0184. The molecule has 2 aromatic carbocycles. The normalized spacial score (nSPS) is 17.0. The third-order valence-electron chi connectivity index (χ3n) is 7.98. The lowest BCUT2D eigenvalue weighted by atomic mass is 9.81. The fourth-order valence-electron chi connectivity index (χ4n) is 5.09. The van der Waals surface area contributed by atoms with Gasteiger partial charge in [-0.1, -0.05) is 6.92 Å². The second kappa shape index (κ2) is 12.1. The zero-order chi connectivity index (χ0) is 34.3. The summed E-state index contributed by atoms with van der Waals surface area (Å²) in [5.41, 5.74) is 5.16. The topological polar surface area (TPSA) is 180 Å². The molecule has 246 valence electrons. The van der Waals surface area contributed by atoms with Crippen LogP contribution < -0.4 is 26.3 Å². The van der Waals surface area contributed by atoms with Crippen LogP contribution in [-0.4, -0.2) is 58.7 Å². The second-order valence-electron chi connectivity index (χ2n) is 11.3. The average Bonchev–Trinajstić information content (AvgIpc) is 3.38. The average molecular weight is 656 g/mol. The molecule has 15 heteroatoms. The van der Waals surface area contributed by atoms with Crippen LogP contribution >= 0.6 is 0 Å². The number of nitrogens with two attached hydrogens (primary N) is 2.